The predicted octanol–water partition coefficient (Wildman–Crippen LogP) is 1.27. The van der Waals surface area contributed by atoms with Crippen LogP contribution in [-0.2, 0) is 14.1 Å². The summed E-state index contributed by atoms with van der Waals surface area (Å²) in [7, 11) is 2.98. The van der Waals surface area contributed by atoms with E-state index in [0.717, 1.165) is 17.7 Å². The zero-order valence-electron chi connectivity index (χ0n) is 15.7. The molecule has 1 saturated heterocycles. The minimum absolute atomic E-state index is 0.0111. The summed E-state index contributed by atoms with van der Waals surface area (Å²) in [6.07, 6.45) is 4.96. The van der Waals surface area contributed by atoms with E-state index >= 15 is 0 Å². The van der Waals surface area contributed by atoms with Gasteiger partial charge in [0.1, 0.15) is 11.9 Å². The molecule has 2 rings (SSSR count). The number of likely N-dealkylation sites (tertiary alicyclic amines) is 1. The van der Waals surface area contributed by atoms with E-state index in [1.807, 2.05) is 6.07 Å². The Bertz CT molecular complexity index is 748. The average molecular weight is 347 g/mol. The molecule has 0 bridgehead atoms. The molecule has 0 radical (unpaired) electrons. The third-order valence-corrected chi connectivity index (χ3v) is 5.13. The molecule has 0 saturated carbocycles. The third-order valence-electron chi connectivity index (χ3n) is 5.13. The molecule has 7 nitrogen and oxygen atoms in total. The van der Waals surface area contributed by atoms with Crippen molar-refractivity contribution in [2.45, 2.75) is 45.6 Å². The lowest BCUT2D eigenvalue weighted by Gasteiger charge is -2.34. The van der Waals surface area contributed by atoms with Crippen LogP contribution in [0.4, 0.5) is 5.82 Å². The molecule has 25 heavy (non-hydrogen) atoms. The topological polar surface area (TPSA) is 83.1 Å². The van der Waals surface area contributed by atoms with Gasteiger partial charge >= 0.3 is 5.69 Å². The molecule has 1 aliphatic heterocycles. The fourth-order valence-corrected chi connectivity index (χ4v) is 3.57. The van der Waals surface area contributed by atoms with E-state index in [1.54, 1.807) is 7.05 Å². The van der Waals surface area contributed by atoms with Crippen LogP contribution < -0.4 is 16.6 Å². The number of anilines is 1. The summed E-state index contributed by atoms with van der Waals surface area (Å²) < 4.78 is 2.32. The molecule has 1 fully saturated rings. The lowest BCUT2D eigenvalue weighted by Crippen LogP contribution is -2.45. The highest BCUT2D eigenvalue weighted by Gasteiger charge is 2.24. The number of rotatable bonds is 5. The van der Waals surface area contributed by atoms with Crippen molar-refractivity contribution in [1.82, 2.24) is 14.0 Å². The van der Waals surface area contributed by atoms with Gasteiger partial charge in [-0.2, -0.15) is 5.26 Å². The second-order valence-electron chi connectivity index (χ2n) is 7.18. The SMILES string of the molecule is CC(C)C(CNc1c(C#N)c(=O)n(C)c(=O)n1C)N1CCCCCC1. The molecule has 1 aliphatic rings. The predicted molar refractivity (Wildman–Crippen MR) is 98.8 cm³/mol. The Labute approximate surface area is 148 Å². The average Bonchev–Trinajstić information content (AvgIpc) is 2.86. The van der Waals surface area contributed by atoms with E-state index in [0.29, 0.717) is 24.3 Å². The van der Waals surface area contributed by atoms with Gasteiger partial charge in [-0.05, 0) is 31.8 Å². The Morgan fingerprint density at radius 2 is 1.68 bits per heavy atom. The maximum Gasteiger partial charge on any atom is 0.332 e. The summed E-state index contributed by atoms with van der Waals surface area (Å²) in [5.41, 5.74) is -0.991. The van der Waals surface area contributed by atoms with Gasteiger partial charge in [0.25, 0.3) is 5.56 Å². The minimum Gasteiger partial charge on any atom is -0.369 e. The zero-order chi connectivity index (χ0) is 18.6. The van der Waals surface area contributed by atoms with Crippen LogP contribution >= 0.6 is 0 Å². The summed E-state index contributed by atoms with van der Waals surface area (Å²) in [6, 6.07) is 2.24. The van der Waals surface area contributed by atoms with Crippen LogP contribution in [0.1, 0.15) is 45.1 Å². The number of nitrogens with zero attached hydrogens (tertiary/aromatic N) is 4. The van der Waals surface area contributed by atoms with Gasteiger partial charge in [-0.25, -0.2) is 4.79 Å². The normalized spacial score (nSPS) is 17.1. The summed E-state index contributed by atoms with van der Waals surface area (Å²) in [6.45, 7) is 7.13. The van der Waals surface area contributed by atoms with Gasteiger partial charge in [-0.1, -0.05) is 26.7 Å². The highest BCUT2D eigenvalue weighted by Crippen LogP contribution is 2.18. The molecule has 1 unspecified atom stereocenters. The molecule has 0 spiro atoms. The van der Waals surface area contributed by atoms with Gasteiger partial charge in [0, 0.05) is 26.7 Å². The van der Waals surface area contributed by atoms with Crippen molar-refractivity contribution in [3.05, 3.63) is 26.4 Å². The Hall–Kier alpha value is -2.07. The van der Waals surface area contributed by atoms with Gasteiger partial charge in [-0.3, -0.25) is 18.8 Å². The van der Waals surface area contributed by atoms with E-state index in [9.17, 15) is 14.9 Å². The van der Waals surface area contributed by atoms with Crippen LogP contribution in [0.15, 0.2) is 9.59 Å². The Kier molecular flexibility index (Phi) is 6.43. The summed E-state index contributed by atoms with van der Waals surface area (Å²) in [5.74, 6) is 0.746. The molecule has 7 heteroatoms. The molecule has 1 atom stereocenters. The number of nitrogens with one attached hydrogen (secondary N) is 1. The van der Waals surface area contributed by atoms with Crippen molar-refractivity contribution in [1.29, 1.82) is 5.26 Å². The van der Waals surface area contributed by atoms with Crippen molar-refractivity contribution in [2.24, 2.45) is 20.0 Å². The Balaban J connectivity index is 2.28. The van der Waals surface area contributed by atoms with Crippen molar-refractivity contribution in [3.8, 4) is 6.07 Å². The molecule has 0 aliphatic carbocycles. The summed E-state index contributed by atoms with van der Waals surface area (Å²) in [5, 5.41) is 12.6. The Morgan fingerprint density at radius 3 is 2.20 bits per heavy atom. The number of aromatic nitrogens is 2. The van der Waals surface area contributed by atoms with Crippen LogP contribution in [0, 0.1) is 17.2 Å². The van der Waals surface area contributed by atoms with Crippen LogP contribution in [0.5, 0.6) is 0 Å². The molecule has 0 amide bonds. The van der Waals surface area contributed by atoms with E-state index in [1.165, 1.54) is 37.3 Å². The molecule has 1 aromatic heterocycles. The van der Waals surface area contributed by atoms with E-state index in [-0.39, 0.29) is 5.56 Å². The first-order valence-electron chi connectivity index (χ1n) is 9.06. The quantitative estimate of drug-likeness (QED) is 0.867. The number of hydrogen-bond donors (Lipinski definition) is 1. The maximum absolute atomic E-state index is 12.2. The highest BCUT2D eigenvalue weighted by molar-refractivity contribution is 5.51. The first kappa shape index (κ1) is 19.3. The van der Waals surface area contributed by atoms with E-state index in [4.69, 9.17) is 0 Å². The van der Waals surface area contributed by atoms with Crippen LogP contribution in [-0.4, -0.2) is 39.7 Å². The van der Waals surface area contributed by atoms with Crippen LogP contribution in [0.3, 0.4) is 0 Å². The van der Waals surface area contributed by atoms with Crippen molar-refractivity contribution >= 4 is 5.82 Å². The van der Waals surface area contributed by atoms with Crippen molar-refractivity contribution in [3.63, 3.8) is 0 Å². The lowest BCUT2D eigenvalue weighted by atomic mass is 10.0. The highest BCUT2D eigenvalue weighted by atomic mass is 16.2. The Morgan fingerprint density at radius 1 is 1.08 bits per heavy atom. The summed E-state index contributed by atoms with van der Waals surface area (Å²) >= 11 is 0. The van der Waals surface area contributed by atoms with Crippen LogP contribution in [0.2, 0.25) is 0 Å². The van der Waals surface area contributed by atoms with Gasteiger partial charge in [0.2, 0.25) is 0 Å². The molecule has 0 aromatic carbocycles. The fraction of sp³-hybridized carbons (Fsp3) is 0.722. The first-order valence-corrected chi connectivity index (χ1v) is 9.06. The second-order valence-corrected chi connectivity index (χ2v) is 7.18. The molecular formula is C18H29N5O2. The van der Waals surface area contributed by atoms with E-state index in [2.05, 4.69) is 24.1 Å². The van der Waals surface area contributed by atoms with Gasteiger partial charge in [0.15, 0.2) is 5.56 Å². The first-order chi connectivity index (χ1) is 11.9. The monoisotopic (exact) mass is 347 g/mol. The molecular weight excluding hydrogens is 318 g/mol. The second kappa shape index (κ2) is 8.34. The lowest BCUT2D eigenvalue weighted by molar-refractivity contribution is 0.169. The molecule has 2 heterocycles. The van der Waals surface area contributed by atoms with Gasteiger partial charge < -0.3 is 5.32 Å². The molecule has 138 valence electrons. The van der Waals surface area contributed by atoms with E-state index < -0.39 is 11.2 Å². The smallest absolute Gasteiger partial charge is 0.332 e. The zero-order valence-corrected chi connectivity index (χ0v) is 15.7. The number of nitriles is 1. The molecule has 1 aromatic rings. The standard InChI is InChI=1S/C18H29N5O2/c1-13(2)15(23-9-7-5-6-8-10-23)12-20-16-14(11-19)17(24)22(4)18(25)21(16)3/h13,15,20H,5-10,12H2,1-4H3. The number of hydrogen-bond acceptors (Lipinski definition) is 5. The largest absolute Gasteiger partial charge is 0.369 e. The molecule has 1 N–H and O–H groups in total. The minimum atomic E-state index is -0.552. The van der Waals surface area contributed by atoms with Crippen LogP contribution in [0.25, 0.3) is 0 Å². The maximum atomic E-state index is 12.2. The third kappa shape index (κ3) is 4.13. The van der Waals surface area contributed by atoms with Crippen molar-refractivity contribution in [2.75, 3.05) is 25.0 Å². The van der Waals surface area contributed by atoms with Gasteiger partial charge in [0.05, 0.1) is 0 Å². The fourth-order valence-electron chi connectivity index (χ4n) is 3.57. The van der Waals surface area contributed by atoms with Crippen molar-refractivity contribution < 1.29 is 0 Å². The van der Waals surface area contributed by atoms with Gasteiger partial charge in [-0.15, -0.1) is 0 Å². The summed E-state index contributed by atoms with van der Waals surface area (Å²) in [4.78, 5) is 26.9.